The summed E-state index contributed by atoms with van der Waals surface area (Å²) in [5.74, 6) is -0.0990. The van der Waals surface area contributed by atoms with Gasteiger partial charge in [-0.25, -0.2) is 9.97 Å². The predicted molar refractivity (Wildman–Crippen MR) is 102 cm³/mol. The number of ketones is 1. The molecule has 7 heteroatoms. The molecule has 1 N–H and O–H groups in total. The van der Waals surface area contributed by atoms with Crippen molar-refractivity contribution in [1.82, 2.24) is 9.97 Å². The molecule has 26 heavy (non-hydrogen) atoms. The number of nitrogens with one attached hydrogen (secondary N) is 1. The molecule has 5 nitrogen and oxygen atoms in total. The number of hydrogen-bond donors (Lipinski definition) is 1. The Labute approximate surface area is 158 Å². The molecule has 0 radical (unpaired) electrons. The Morgan fingerprint density at radius 1 is 1.12 bits per heavy atom. The summed E-state index contributed by atoms with van der Waals surface area (Å²) in [6.07, 6.45) is 3.95. The minimum absolute atomic E-state index is 0.125. The number of pyridine rings is 1. The van der Waals surface area contributed by atoms with Crippen LogP contribution in [0.25, 0.3) is 0 Å². The van der Waals surface area contributed by atoms with E-state index in [0.29, 0.717) is 22.0 Å². The van der Waals surface area contributed by atoms with E-state index in [-0.39, 0.29) is 11.7 Å². The van der Waals surface area contributed by atoms with Gasteiger partial charge >= 0.3 is 0 Å². The molecular formula is C19H15N3O2S2. The number of aromatic nitrogens is 2. The van der Waals surface area contributed by atoms with Crippen LogP contribution in [0, 0.1) is 0 Å². The zero-order valence-corrected chi connectivity index (χ0v) is 15.4. The van der Waals surface area contributed by atoms with Crippen molar-refractivity contribution >= 4 is 39.9 Å². The number of anilines is 1. The van der Waals surface area contributed by atoms with Gasteiger partial charge in [0.1, 0.15) is 5.03 Å². The second-order valence-electron chi connectivity index (χ2n) is 5.82. The minimum atomic E-state index is -0.224. The molecule has 4 rings (SSSR count). The van der Waals surface area contributed by atoms with Gasteiger partial charge < -0.3 is 0 Å². The van der Waals surface area contributed by atoms with Crippen molar-refractivity contribution in [2.75, 3.05) is 5.32 Å². The summed E-state index contributed by atoms with van der Waals surface area (Å²) in [5.41, 5.74) is 1.36. The Hall–Kier alpha value is -2.51. The molecular weight excluding hydrogens is 366 g/mol. The van der Waals surface area contributed by atoms with Crippen molar-refractivity contribution in [3.05, 3.63) is 64.8 Å². The first-order valence-corrected chi connectivity index (χ1v) is 9.85. The number of aryl methyl sites for hydroxylation is 1. The quantitative estimate of drug-likeness (QED) is 0.722. The maximum Gasteiger partial charge on any atom is 0.257 e. The number of amides is 1. The van der Waals surface area contributed by atoms with E-state index in [2.05, 4.69) is 15.3 Å². The lowest BCUT2D eigenvalue weighted by atomic mass is 10.0. The molecule has 130 valence electrons. The van der Waals surface area contributed by atoms with Crippen molar-refractivity contribution in [1.29, 1.82) is 0 Å². The summed E-state index contributed by atoms with van der Waals surface area (Å²) >= 11 is 2.81. The van der Waals surface area contributed by atoms with Crippen molar-refractivity contribution in [2.45, 2.75) is 29.2 Å². The van der Waals surface area contributed by atoms with E-state index in [1.54, 1.807) is 18.3 Å². The van der Waals surface area contributed by atoms with Crippen LogP contribution >= 0.6 is 23.1 Å². The summed E-state index contributed by atoms with van der Waals surface area (Å²) in [6.45, 7) is 0. The van der Waals surface area contributed by atoms with Crippen LogP contribution in [0.2, 0.25) is 0 Å². The van der Waals surface area contributed by atoms with Crippen molar-refractivity contribution in [3.8, 4) is 0 Å². The molecule has 3 aromatic rings. The molecule has 2 heterocycles. The number of carbonyl (C=O) groups excluding carboxylic acids is 2. The Balaban J connectivity index is 1.44. The predicted octanol–water partition coefficient (Wildman–Crippen LogP) is 4.46. The highest BCUT2D eigenvalue weighted by molar-refractivity contribution is 7.99. The van der Waals surface area contributed by atoms with E-state index < -0.39 is 0 Å². The van der Waals surface area contributed by atoms with E-state index in [1.165, 1.54) is 23.1 Å². The molecule has 0 bridgehead atoms. The van der Waals surface area contributed by atoms with Gasteiger partial charge in [0.25, 0.3) is 5.91 Å². The SMILES string of the molecule is O=C(Nc1nc2c(s1)C(=O)CCC2)c1ccc(Sc2ccccn2)cc1. The monoisotopic (exact) mass is 381 g/mol. The number of carbonyl (C=O) groups is 2. The van der Waals surface area contributed by atoms with Crippen LogP contribution in [0.15, 0.2) is 58.6 Å². The molecule has 0 saturated carbocycles. The second-order valence-corrected chi connectivity index (χ2v) is 7.91. The third kappa shape index (κ3) is 3.68. The zero-order valence-electron chi connectivity index (χ0n) is 13.8. The van der Waals surface area contributed by atoms with Gasteiger partial charge in [0, 0.05) is 23.1 Å². The van der Waals surface area contributed by atoms with Gasteiger partial charge in [0.2, 0.25) is 0 Å². The maximum absolute atomic E-state index is 12.4. The largest absolute Gasteiger partial charge is 0.298 e. The molecule has 2 aromatic heterocycles. The fraction of sp³-hybridized carbons (Fsp3) is 0.158. The van der Waals surface area contributed by atoms with Crippen LogP contribution in [-0.2, 0) is 6.42 Å². The molecule has 0 spiro atoms. The zero-order chi connectivity index (χ0) is 17.9. The van der Waals surface area contributed by atoms with Crippen LogP contribution in [0.3, 0.4) is 0 Å². The standard InChI is InChI=1S/C19H15N3O2S2/c23-15-5-3-4-14-17(15)26-19(21-14)22-18(24)12-7-9-13(10-8-12)25-16-6-1-2-11-20-16/h1-2,6-11H,3-5H2,(H,21,22,24). The minimum Gasteiger partial charge on any atom is -0.298 e. The van der Waals surface area contributed by atoms with E-state index in [0.717, 1.165) is 28.5 Å². The van der Waals surface area contributed by atoms with Gasteiger partial charge in [0.15, 0.2) is 10.9 Å². The Bertz CT molecular complexity index is 953. The lowest BCUT2D eigenvalue weighted by Crippen LogP contribution is -2.11. The summed E-state index contributed by atoms with van der Waals surface area (Å²) in [5, 5.41) is 4.20. The molecule has 1 aliphatic carbocycles. The summed E-state index contributed by atoms with van der Waals surface area (Å²) in [4.78, 5) is 34.7. The first kappa shape index (κ1) is 16.9. The smallest absolute Gasteiger partial charge is 0.257 e. The first-order chi connectivity index (χ1) is 12.7. The number of fused-ring (bicyclic) bond motifs is 1. The number of Topliss-reactive ketones (excluding diaryl/α,β-unsaturated/α-hetero) is 1. The molecule has 1 aliphatic rings. The fourth-order valence-corrected chi connectivity index (χ4v) is 4.44. The average Bonchev–Trinajstić information content (AvgIpc) is 3.07. The van der Waals surface area contributed by atoms with Crippen molar-refractivity contribution in [2.24, 2.45) is 0 Å². The van der Waals surface area contributed by atoms with Crippen LogP contribution < -0.4 is 5.32 Å². The Kier molecular flexibility index (Phi) is 4.81. The molecule has 0 saturated heterocycles. The number of nitrogens with zero attached hydrogens (tertiary/aromatic N) is 2. The number of benzene rings is 1. The van der Waals surface area contributed by atoms with E-state index in [4.69, 9.17) is 0 Å². The normalized spacial score (nSPS) is 13.3. The van der Waals surface area contributed by atoms with Crippen LogP contribution in [0.1, 0.15) is 38.6 Å². The highest BCUT2D eigenvalue weighted by Crippen LogP contribution is 2.30. The Morgan fingerprint density at radius 2 is 1.96 bits per heavy atom. The highest BCUT2D eigenvalue weighted by Gasteiger charge is 2.22. The lowest BCUT2D eigenvalue weighted by molar-refractivity contribution is 0.0975. The lowest BCUT2D eigenvalue weighted by Gasteiger charge is -2.05. The number of thiazole rings is 1. The van der Waals surface area contributed by atoms with Gasteiger partial charge in [-0.05, 0) is 49.2 Å². The summed E-state index contributed by atoms with van der Waals surface area (Å²) in [7, 11) is 0. The number of hydrogen-bond acceptors (Lipinski definition) is 6. The van der Waals surface area contributed by atoms with Gasteiger partial charge in [-0.2, -0.15) is 0 Å². The first-order valence-electron chi connectivity index (χ1n) is 8.22. The van der Waals surface area contributed by atoms with E-state index in [1.807, 2.05) is 30.3 Å². The van der Waals surface area contributed by atoms with E-state index >= 15 is 0 Å². The molecule has 1 aromatic carbocycles. The van der Waals surface area contributed by atoms with E-state index in [9.17, 15) is 9.59 Å². The van der Waals surface area contributed by atoms with Crippen LogP contribution in [-0.4, -0.2) is 21.7 Å². The van der Waals surface area contributed by atoms with Gasteiger partial charge in [-0.3, -0.25) is 14.9 Å². The molecule has 0 fully saturated rings. The molecule has 0 aliphatic heterocycles. The van der Waals surface area contributed by atoms with Gasteiger partial charge in [0.05, 0.1) is 10.6 Å². The second kappa shape index (κ2) is 7.39. The third-order valence-electron chi connectivity index (χ3n) is 3.97. The fourth-order valence-electron chi connectivity index (χ4n) is 2.69. The molecule has 1 amide bonds. The van der Waals surface area contributed by atoms with Crippen molar-refractivity contribution < 1.29 is 9.59 Å². The maximum atomic E-state index is 12.4. The molecule has 0 atom stereocenters. The Morgan fingerprint density at radius 3 is 2.69 bits per heavy atom. The third-order valence-corrected chi connectivity index (χ3v) is 5.98. The molecule has 0 unspecified atom stereocenters. The van der Waals surface area contributed by atoms with Gasteiger partial charge in [-0.1, -0.05) is 29.2 Å². The summed E-state index contributed by atoms with van der Waals surface area (Å²) in [6, 6.07) is 13.1. The van der Waals surface area contributed by atoms with Crippen molar-refractivity contribution in [3.63, 3.8) is 0 Å². The van der Waals surface area contributed by atoms with Crippen LogP contribution in [0.4, 0.5) is 5.13 Å². The highest BCUT2D eigenvalue weighted by atomic mass is 32.2. The number of rotatable bonds is 4. The van der Waals surface area contributed by atoms with Gasteiger partial charge in [-0.15, -0.1) is 0 Å². The average molecular weight is 381 g/mol. The summed E-state index contributed by atoms with van der Waals surface area (Å²) < 4.78 is 0. The van der Waals surface area contributed by atoms with Crippen LogP contribution in [0.5, 0.6) is 0 Å². The topological polar surface area (TPSA) is 72.0 Å².